The van der Waals surface area contributed by atoms with E-state index in [0.29, 0.717) is 38.1 Å². The molecule has 3 aliphatic rings. The van der Waals surface area contributed by atoms with E-state index in [1.54, 1.807) is 0 Å². The molecule has 4 N–H and O–H groups in total. The minimum absolute atomic E-state index is 0.142. The van der Waals surface area contributed by atoms with Crippen molar-refractivity contribution in [3.63, 3.8) is 0 Å². The van der Waals surface area contributed by atoms with Gasteiger partial charge in [0.15, 0.2) is 0 Å². The molecule has 7 nitrogen and oxygen atoms in total. The second-order valence-electron chi connectivity index (χ2n) is 9.36. The second kappa shape index (κ2) is 10.1. The van der Waals surface area contributed by atoms with Gasteiger partial charge in [0.25, 0.3) is 0 Å². The Morgan fingerprint density at radius 3 is 2.27 bits per heavy atom. The predicted molar refractivity (Wildman–Crippen MR) is 120 cm³/mol. The number of anilines is 2. The summed E-state index contributed by atoms with van der Waals surface area (Å²) in [6.07, 6.45) is 0.261. The highest BCUT2D eigenvalue weighted by molar-refractivity contribution is 5.90. The van der Waals surface area contributed by atoms with E-state index in [0.717, 1.165) is 37.1 Å². The van der Waals surface area contributed by atoms with Crippen molar-refractivity contribution in [2.45, 2.75) is 56.8 Å². The molecule has 1 unspecified atom stereocenters. The van der Waals surface area contributed by atoms with Crippen LogP contribution in [0.5, 0.6) is 0 Å². The van der Waals surface area contributed by atoms with Crippen molar-refractivity contribution < 1.29 is 22.8 Å². The van der Waals surface area contributed by atoms with Crippen molar-refractivity contribution in [3.8, 4) is 0 Å². The molecule has 1 atom stereocenters. The highest BCUT2D eigenvalue weighted by Crippen LogP contribution is 2.35. The van der Waals surface area contributed by atoms with Crippen LogP contribution in [-0.4, -0.2) is 56.4 Å². The lowest BCUT2D eigenvalue weighted by atomic mass is 9.86. The molecule has 1 saturated carbocycles. The van der Waals surface area contributed by atoms with Gasteiger partial charge in [0, 0.05) is 43.6 Å². The van der Waals surface area contributed by atoms with Crippen LogP contribution in [-0.2, 0) is 4.79 Å². The molecular weight excluding hydrogens is 435 g/mol. The first kappa shape index (κ1) is 23.5. The monoisotopic (exact) mass is 467 g/mol. The minimum atomic E-state index is -4.09. The Morgan fingerprint density at radius 2 is 1.70 bits per heavy atom. The summed E-state index contributed by atoms with van der Waals surface area (Å²) in [6, 6.07) is 7.53. The maximum atomic E-state index is 12.9. The molecular formula is C23H32F3N5O2. The lowest BCUT2D eigenvalue weighted by Crippen LogP contribution is -2.45. The molecule has 3 fully saturated rings. The van der Waals surface area contributed by atoms with Crippen LogP contribution >= 0.6 is 0 Å². The number of carbonyl (C=O) groups excluding carboxylic acids is 2. The zero-order valence-corrected chi connectivity index (χ0v) is 18.6. The van der Waals surface area contributed by atoms with Crippen molar-refractivity contribution in [1.29, 1.82) is 0 Å². The fourth-order valence-electron chi connectivity index (χ4n) is 4.96. The van der Waals surface area contributed by atoms with Gasteiger partial charge in [-0.1, -0.05) is 0 Å². The third-order valence-electron chi connectivity index (χ3n) is 7.06. The molecule has 10 heteroatoms. The Hall–Kier alpha value is -2.65. The Labute approximate surface area is 191 Å². The Bertz CT molecular complexity index is 816. The van der Waals surface area contributed by atoms with E-state index < -0.39 is 18.1 Å². The quantitative estimate of drug-likeness (QED) is 0.518. The lowest BCUT2D eigenvalue weighted by molar-refractivity contribution is -0.179. The topological polar surface area (TPSA) is 85.5 Å². The summed E-state index contributed by atoms with van der Waals surface area (Å²) in [7, 11) is 0. The Morgan fingerprint density at radius 1 is 1.03 bits per heavy atom. The van der Waals surface area contributed by atoms with Crippen LogP contribution in [0.3, 0.4) is 0 Å². The first-order chi connectivity index (χ1) is 15.8. The average Bonchev–Trinajstić information content (AvgIpc) is 3.25. The number of hydrogen-bond acceptors (Lipinski definition) is 4. The fraction of sp³-hybridized carbons (Fsp3) is 0.652. The van der Waals surface area contributed by atoms with E-state index in [2.05, 4.69) is 21.3 Å². The molecule has 0 bridgehead atoms. The third-order valence-corrected chi connectivity index (χ3v) is 7.06. The maximum absolute atomic E-state index is 12.9. The van der Waals surface area contributed by atoms with E-state index in [4.69, 9.17) is 0 Å². The summed E-state index contributed by atoms with van der Waals surface area (Å²) in [5.41, 5.74) is 1.99. The molecule has 2 saturated heterocycles. The molecule has 0 spiro atoms. The van der Waals surface area contributed by atoms with Crippen molar-refractivity contribution in [2.24, 2.45) is 11.8 Å². The van der Waals surface area contributed by atoms with Gasteiger partial charge >= 0.3 is 12.2 Å². The van der Waals surface area contributed by atoms with Gasteiger partial charge in [0.1, 0.15) is 6.04 Å². The lowest BCUT2D eigenvalue weighted by Gasteiger charge is -2.34. The number of hydrogen-bond donors (Lipinski definition) is 4. The average molecular weight is 468 g/mol. The Kier molecular flexibility index (Phi) is 7.19. The number of rotatable bonds is 6. The predicted octanol–water partition coefficient (Wildman–Crippen LogP) is 3.23. The number of nitrogens with one attached hydrogen (secondary N) is 4. The highest BCUT2D eigenvalue weighted by Gasteiger charge is 2.41. The normalized spacial score (nSPS) is 26.5. The standard InChI is InChI=1S/C23H32F3N5O2/c24-23(25,26)16-9-11-31(12-10-16)19-7-5-18(6-8-19)29-17-3-1-15(2-4-17)13-27-21(32)20-14-28-22(33)30-20/h5-8,15-17,20,29H,1-4,9-14H2,(H,27,32)(H2,28,30,33). The first-order valence-electron chi connectivity index (χ1n) is 11.8. The number of benzene rings is 1. The molecule has 2 aliphatic heterocycles. The largest absolute Gasteiger partial charge is 0.391 e. The van der Waals surface area contributed by atoms with E-state index in [9.17, 15) is 22.8 Å². The van der Waals surface area contributed by atoms with Crippen LogP contribution in [0.4, 0.5) is 29.3 Å². The van der Waals surface area contributed by atoms with Gasteiger partial charge in [-0.15, -0.1) is 0 Å². The van der Waals surface area contributed by atoms with Crippen molar-refractivity contribution in [3.05, 3.63) is 24.3 Å². The molecule has 33 heavy (non-hydrogen) atoms. The van der Waals surface area contributed by atoms with Gasteiger partial charge in [0.2, 0.25) is 5.91 Å². The smallest absolute Gasteiger partial charge is 0.382 e. The summed E-state index contributed by atoms with van der Waals surface area (Å²) < 4.78 is 38.6. The first-order valence-corrected chi connectivity index (χ1v) is 11.8. The van der Waals surface area contributed by atoms with Crippen LogP contribution in [0, 0.1) is 11.8 Å². The Balaban J connectivity index is 1.16. The summed E-state index contributed by atoms with van der Waals surface area (Å²) in [5.74, 6) is -0.894. The number of piperidine rings is 1. The third kappa shape index (κ3) is 6.23. The molecule has 1 aliphatic carbocycles. The summed E-state index contributed by atoms with van der Waals surface area (Å²) in [6.45, 7) is 1.81. The molecule has 1 aromatic rings. The van der Waals surface area contributed by atoms with E-state index in [1.165, 1.54) is 0 Å². The molecule has 1 aromatic carbocycles. The zero-order valence-electron chi connectivity index (χ0n) is 18.6. The van der Waals surface area contributed by atoms with Crippen LogP contribution < -0.4 is 26.2 Å². The van der Waals surface area contributed by atoms with Gasteiger partial charge in [-0.25, -0.2) is 4.79 Å². The number of urea groups is 1. The fourth-order valence-corrected chi connectivity index (χ4v) is 4.96. The van der Waals surface area contributed by atoms with Crippen molar-refractivity contribution >= 4 is 23.3 Å². The number of nitrogens with zero attached hydrogens (tertiary/aromatic N) is 1. The van der Waals surface area contributed by atoms with Crippen molar-refractivity contribution in [2.75, 3.05) is 36.4 Å². The number of carbonyl (C=O) groups is 2. The van der Waals surface area contributed by atoms with Gasteiger partial charge in [-0.05, 0) is 68.7 Å². The maximum Gasteiger partial charge on any atom is 0.391 e. The molecule has 0 aromatic heterocycles. The van der Waals surface area contributed by atoms with Gasteiger partial charge in [0.05, 0.1) is 5.92 Å². The van der Waals surface area contributed by atoms with Crippen LogP contribution in [0.25, 0.3) is 0 Å². The summed E-state index contributed by atoms with van der Waals surface area (Å²) in [5, 5.41) is 11.7. The number of alkyl halides is 3. The van der Waals surface area contributed by atoms with Gasteiger partial charge < -0.3 is 26.2 Å². The molecule has 3 amide bonds. The second-order valence-corrected chi connectivity index (χ2v) is 9.36. The zero-order chi connectivity index (χ0) is 23.4. The number of halogens is 3. The molecule has 182 valence electrons. The SMILES string of the molecule is O=C1NCC(C(=O)NCC2CCC(Nc3ccc(N4CCC(C(F)(F)F)CC4)cc3)CC2)N1. The molecule has 2 heterocycles. The molecule has 0 radical (unpaired) electrons. The summed E-state index contributed by atoms with van der Waals surface area (Å²) in [4.78, 5) is 25.3. The van der Waals surface area contributed by atoms with E-state index in [-0.39, 0.29) is 24.8 Å². The minimum Gasteiger partial charge on any atom is -0.382 e. The highest BCUT2D eigenvalue weighted by atomic mass is 19.4. The van der Waals surface area contributed by atoms with E-state index in [1.807, 2.05) is 29.2 Å². The summed E-state index contributed by atoms with van der Waals surface area (Å²) >= 11 is 0. The van der Waals surface area contributed by atoms with E-state index >= 15 is 0 Å². The number of amides is 3. The van der Waals surface area contributed by atoms with Gasteiger partial charge in [-0.2, -0.15) is 13.2 Å². The van der Waals surface area contributed by atoms with Crippen LogP contribution in [0.15, 0.2) is 24.3 Å². The van der Waals surface area contributed by atoms with Crippen molar-refractivity contribution in [1.82, 2.24) is 16.0 Å². The van der Waals surface area contributed by atoms with Crippen LogP contribution in [0.1, 0.15) is 38.5 Å². The van der Waals surface area contributed by atoms with Crippen LogP contribution in [0.2, 0.25) is 0 Å². The molecule has 4 rings (SSSR count). The van der Waals surface area contributed by atoms with Gasteiger partial charge in [-0.3, -0.25) is 4.79 Å².